The van der Waals surface area contributed by atoms with Crippen LogP contribution >= 0.6 is 12.4 Å². The van der Waals surface area contributed by atoms with Crippen molar-refractivity contribution in [1.29, 1.82) is 0 Å². The average Bonchev–Trinajstić information content (AvgIpc) is 2.76. The molecule has 0 radical (unpaired) electrons. The van der Waals surface area contributed by atoms with Gasteiger partial charge < -0.3 is 10.3 Å². The van der Waals surface area contributed by atoms with E-state index in [0.717, 1.165) is 19.6 Å². The molecule has 0 saturated carbocycles. The van der Waals surface area contributed by atoms with E-state index >= 15 is 0 Å². The summed E-state index contributed by atoms with van der Waals surface area (Å²) >= 11 is 0. The number of hydrogen-bond acceptors (Lipinski definition) is 5. The first-order chi connectivity index (χ1) is 7.15. The number of rotatable bonds is 3. The van der Waals surface area contributed by atoms with Gasteiger partial charge in [0.05, 0.1) is 6.54 Å². The van der Waals surface area contributed by atoms with Gasteiger partial charge in [0.2, 0.25) is 5.89 Å². The van der Waals surface area contributed by atoms with Gasteiger partial charge in [-0.2, -0.15) is 4.98 Å². The molecule has 1 fully saturated rings. The molecule has 0 aromatic carbocycles. The number of likely N-dealkylation sites (tertiary alicyclic amines) is 1. The van der Waals surface area contributed by atoms with Gasteiger partial charge in [-0.15, -0.1) is 12.4 Å². The summed E-state index contributed by atoms with van der Waals surface area (Å²) in [6, 6.07) is 0.277. The van der Waals surface area contributed by atoms with Crippen LogP contribution in [0, 0.1) is 12.8 Å². The molecule has 2 heterocycles. The Bertz CT molecular complexity index is 328. The number of aromatic nitrogens is 2. The number of halogens is 1. The summed E-state index contributed by atoms with van der Waals surface area (Å²) in [5, 5.41) is 3.78. The summed E-state index contributed by atoms with van der Waals surface area (Å²) in [4.78, 5) is 6.51. The third kappa shape index (κ3) is 3.17. The van der Waals surface area contributed by atoms with Crippen LogP contribution in [0.5, 0.6) is 0 Å². The minimum absolute atomic E-state index is 0. The second-order valence-corrected chi connectivity index (χ2v) is 4.38. The maximum atomic E-state index is 5.88. The molecule has 1 aromatic rings. The predicted molar refractivity (Wildman–Crippen MR) is 63.3 cm³/mol. The van der Waals surface area contributed by atoms with Gasteiger partial charge in [0.25, 0.3) is 0 Å². The quantitative estimate of drug-likeness (QED) is 0.861. The fourth-order valence-corrected chi connectivity index (χ4v) is 2.03. The van der Waals surface area contributed by atoms with Gasteiger partial charge in [0.15, 0.2) is 5.82 Å². The molecule has 2 N–H and O–H groups in total. The Kier molecular flexibility index (Phi) is 4.70. The van der Waals surface area contributed by atoms with Crippen LogP contribution in [0.2, 0.25) is 0 Å². The van der Waals surface area contributed by atoms with Crippen molar-refractivity contribution in [3.63, 3.8) is 0 Å². The molecule has 0 aliphatic carbocycles. The molecule has 2 rings (SSSR count). The molecule has 92 valence electrons. The zero-order valence-corrected chi connectivity index (χ0v) is 10.5. The van der Waals surface area contributed by atoms with Gasteiger partial charge in [0, 0.05) is 12.6 Å². The third-order valence-corrected chi connectivity index (χ3v) is 2.98. The Morgan fingerprint density at radius 2 is 2.38 bits per heavy atom. The van der Waals surface area contributed by atoms with Crippen molar-refractivity contribution in [3.8, 4) is 0 Å². The van der Waals surface area contributed by atoms with E-state index in [1.807, 2.05) is 6.92 Å². The lowest BCUT2D eigenvalue weighted by Crippen LogP contribution is -2.29. The van der Waals surface area contributed by atoms with Crippen molar-refractivity contribution in [2.45, 2.75) is 32.9 Å². The largest absolute Gasteiger partial charge is 0.338 e. The molecule has 16 heavy (non-hydrogen) atoms. The molecular formula is C10H19ClN4O. The summed E-state index contributed by atoms with van der Waals surface area (Å²) in [7, 11) is 0. The Morgan fingerprint density at radius 3 is 2.88 bits per heavy atom. The summed E-state index contributed by atoms with van der Waals surface area (Å²) in [6.07, 6.45) is 1.17. The smallest absolute Gasteiger partial charge is 0.240 e. The van der Waals surface area contributed by atoms with Gasteiger partial charge in [0.1, 0.15) is 0 Å². The molecule has 0 amide bonds. The van der Waals surface area contributed by atoms with Gasteiger partial charge in [-0.3, -0.25) is 4.90 Å². The first-order valence-corrected chi connectivity index (χ1v) is 5.42. The second-order valence-electron chi connectivity index (χ2n) is 4.38. The highest BCUT2D eigenvalue weighted by molar-refractivity contribution is 5.85. The predicted octanol–water partition coefficient (Wildman–Crippen LogP) is 0.969. The van der Waals surface area contributed by atoms with E-state index in [1.54, 1.807) is 0 Å². The van der Waals surface area contributed by atoms with Crippen LogP contribution in [0.15, 0.2) is 4.52 Å². The van der Waals surface area contributed by atoms with Crippen molar-refractivity contribution in [2.24, 2.45) is 11.7 Å². The lowest BCUT2D eigenvalue weighted by Gasteiger charge is -2.15. The molecule has 1 saturated heterocycles. The molecular weight excluding hydrogens is 228 g/mol. The van der Waals surface area contributed by atoms with E-state index in [9.17, 15) is 0 Å². The van der Waals surface area contributed by atoms with Crippen molar-refractivity contribution in [2.75, 3.05) is 13.1 Å². The molecule has 1 aliphatic rings. The molecule has 6 heteroatoms. The Balaban J connectivity index is 0.00000128. The minimum atomic E-state index is 0. The molecule has 0 bridgehead atoms. The molecule has 0 spiro atoms. The summed E-state index contributed by atoms with van der Waals surface area (Å²) in [5.41, 5.74) is 5.88. The summed E-state index contributed by atoms with van der Waals surface area (Å²) < 4.78 is 5.09. The highest BCUT2D eigenvalue weighted by atomic mass is 35.5. The topological polar surface area (TPSA) is 68.2 Å². The normalized spacial score (nSPS) is 23.1. The number of nitrogens with two attached hydrogens (primary N) is 1. The number of nitrogens with zero attached hydrogens (tertiary/aromatic N) is 3. The molecule has 5 nitrogen and oxygen atoms in total. The van der Waals surface area contributed by atoms with E-state index in [1.165, 1.54) is 6.42 Å². The van der Waals surface area contributed by atoms with Crippen LogP contribution in [0.25, 0.3) is 0 Å². The van der Waals surface area contributed by atoms with E-state index in [2.05, 4.69) is 22.0 Å². The molecule has 1 aromatic heterocycles. The van der Waals surface area contributed by atoms with Gasteiger partial charge in [-0.05, 0) is 32.7 Å². The third-order valence-electron chi connectivity index (χ3n) is 2.98. The standard InChI is InChI=1S/C10H18N4O.ClH/c1-7(11)9-3-4-14(5-9)6-10-12-8(2)13-15-10;/h7,9H,3-6,11H2,1-2H3;1H. The zero-order valence-electron chi connectivity index (χ0n) is 9.72. The van der Waals surface area contributed by atoms with Crippen molar-refractivity contribution in [3.05, 3.63) is 11.7 Å². The minimum Gasteiger partial charge on any atom is -0.338 e. The maximum absolute atomic E-state index is 5.88. The van der Waals surface area contributed by atoms with Crippen LogP contribution in [-0.2, 0) is 6.54 Å². The lowest BCUT2D eigenvalue weighted by atomic mass is 10.0. The van der Waals surface area contributed by atoms with E-state index in [4.69, 9.17) is 10.3 Å². The van der Waals surface area contributed by atoms with E-state index < -0.39 is 0 Å². The fourth-order valence-electron chi connectivity index (χ4n) is 2.03. The van der Waals surface area contributed by atoms with Crippen molar-refractivity contribution >= 4 is 12.4 Å². The summed E-state index contributed by atoms with van der Waals surface area (Å²) in [6.45, 7) is 6.78. The SMILES string of the molecule is Cc1noc(CN2CCC(C(C)N)C2)n1.Cl. The van der Waals surface area contributed by atoms with Crippen LogP contribution in [0.1, 0.15) is 25.1 Å². The van der Waals surface area contributed by atoms with Gasteiger partial charge >= 0.3 is 0 Å². The Hall–Kier alpha value is -0.650. The second kappa shape index (κ2) is 5.61. The molecule has 1 aliphatic heterocycles. The van der Waals surface area contributed by atoms with Crippen LogP contribution in [0.4, 0.5) is 0 Å². The molecule has 2 atom stereocenters. The number of aryl methyl sites for hydroxylation is 1. The van der Waals surface area contributed by atoms with Crippen LogP contribution < -0.4 is 5.73 Å². The average molecular weight is 247 g/mol. The zero-order chi connectivity index (χ0) is 10.8. The van der Waals surface area contributed by atoms with Gasteiger partial charge in [-0.1, -0.05) is 5.16 Å². The van der Waals surface area contributed by atoms with E-state index in [0.29, 0.717) is 17.6 Å². The monoisotopic (exact) mass is 246 g/mol. The van der Waals surface area contributed by atoms with Crippen molar-refractivity contribution in [1.82, 2.24) is 15.0 Å². The Morgan fingerprint density at radius 1 is 1.62 bits per heavy atom. The maximum Gasteiger partial charge on any atom is 0.240 e. The van der Waals surface area contributed by atoms with Crippen LogP contribution in [-0.4, -0.2) is 34.2 Å². The van der Waals surface area contributed by atoms with E-state index in [-0.39, 0.29) is 18.4 Å². The lowest BCUT2D eigenvalue weighted by molar-refractivity contribution is 0.256. The highest BCUT2D eigenvalue weighted by Gasteiger charge is 2.26. The first kappa shape index (κ1) is 13.4. The van der Waals surface area contributed by atoms with Crippen molar-refractivity contribution < 1.29 is 4.52 Å². The fraction of sp³-hybridized carbons (Fsp3) is 0.800. The Labute approximate surface area is 102 Å². The molecule has 2 unspecified atom stereocenters. The number of hydrogen-bond donors (Lipinski definition) is 1. The highest BCUT2D eigenvalue weighted by Crippen LogP contribution is 2.19. The first-order valence-electron chi connectivity index (χ1n) is 5.42. The van der Waals surface area contributed by atoms with Crippen LogP contribution in [0.3, 0.4) is 0 Å². The summed E-state index contributed by atoms with van der Waals surface area (Å²) in [5.74, 6) is 2.01. The van der Waals surface area contributed by atoms with Gasteiger partial charge in [-0.25, -0.2) is 0 Å².